The Hall–Kier alpha value is -4.53. The molecule has 1 heterocycles. The molecular formula is C30H32N2O7. The first-order valence-electron chi connectivity index (χ1n) is 12.7. The molecular weight excluding hydrogens is 500 g/mol. The summed E-state index contributed by atoms with van der Waals surface area (Å²) in [5.41, 5.74) is 0.999. The molecule has 0 bridgehead atoms. The van der Waals surface area contributed by atoms with E-state index in [1.165, 1.54) is 18.2 Å². The molecule has 3 N–H and O–H groups in total. The Labute approximate surface area is 227 Å². The molecule has 4 rings (SSSR count). The number of ether oxygens (including phenoxy) is 2. The Morgan fingerprint density at radius 3 is 2.23 bits per heavy atom. The third-order valence-electron chi connectivity index (χ3n) is 6.21. The van der Waals surface area contributed by atoms with Crippen molar-refractivity contribution in [2.75, 3.05) is 18.4 Å². The quantitative estimate of drug-likeness (QED) is 0.367. The number of hydrogen-bond donors (Lipinski definition) is 3. The Kier molecular flexibility index (Phi) is 8.09. The first-order chi connectivity index (χ1) is 18.5. The lowest BCUT2D eigenvalue weighted by Crippen LogP contribution is -2.44. The van der Waals surface area contributed by atoms with Crippen LogP contribution in [0.1, 0.15) is 54.3 Å². The van der Waals surface area contributed by atoms with Crippen molar-refractivity contribution in [3.63, 3.8) is 0 Å². The van der Waals surface area contributed by atoms with E-state index in [1.807, 2.05) is 51.1 Å². The van der Waals surface area contributed by atoms with Crippen molar-refractivity contribution in [3.8, 4) is 22.6 Å². The van der Waals surface area contributed by atoms with Crippen LogP contribution in [0.25, 0.3) is 11.1 Å². The molecule has 0 spiro atoms. The Bertz CT molecular complexity index is 1360. The number of carbonyl (C=O) groups excluding carboxylic acids is 2. The maximum absolute atomic E-state index is 13.2. The first kappa shape index (κ1) is 27.5. The fraction of sp³-hybridized carbons (Fsp3) is 0.300. The van der Waals surface area contributed by atoms with Gasteiger partial charge in [-0.3, -0.25) is 4.79 Å². The highest BCUT2D eigenvalue weighted by Crippen LogP contribution is 2.30. The predicted octanol–water partition coefficient (Wildman–Crippen LogP) is 5.79. The van der Waals surface area contributed by atoms with Gasteiger partial charge in [-0.05, 0) is 62.2 Å². The van der Waals surface area contributed by atoms with Gasteiger partial charge in [-0.1, -0.05) is 36.4 Å². The Morgan fingerprint density at radius 1 is 0.897 bits per heavy atom. The lowest BCUT2D eigenvalue weighted by Gasteiger charge is -2.33. The number of carboxylic acid groups (broad SMARTS) is 1. The molecule has 0 atom stereocenters. The zero-order chi connectivity index (χ0) is 28.2. The fourth-order valence-corrected chi connectivity index (χ4v) is 4.28. The first-order valence-corrected chi connectivity index (χ1v) is 12.7. The maximum Gasteiger partial charge on any atom is 0.410 e. The number of aromatic hydroxyl groups is 1. The average molecular weight is 533 g/mol. The number of piperidine rings is 1. The maximum atomic E-state index is 13.2. The van der Waals surface area contributed by atoms with Crippen molar-refractivity contribution < 1.29 is 34.1 Å². The second-order valence-corrected chi connectivity index (χ2v) is 10.3. The number of benzene rings is 3. The van der Waals surface area contributed by atoms with Crippen molar-refractivity contribution in [1.82, 2.24) is 4.90 Å². The van der Waals surface area contributed by atoms with Gasteiger partial charge in [-0.15, -0.1) is 0 Å². The van der Waals surface area contributed by atoms with Gasteiger partial charge in [0, 0.05) is 25.9 Å². The molecule has 1 aliphatic heterocycles. The lowest BCUT2D eigenvalue weighted by atomic mass is 10.0. The number of phenols is 1. The van der Waals surface area contributed by atoms with Crippen molar-refractivity contribution in [1.29, 1.82) is 0 Å². The van der Waals surface area contributed by atoms with Crippen molar-refractivity contribution >= 4 is 23.7 Å². The molecule has 0 saturated carbocycles. The zero-order valence-corrected chi connectivity index (χ0v) is 22.1. The minimum absolute atomic E-state index is 0.0554. The number of rotatable bonds is 6. The largest absolute Gasteiger partial charge is 0.507 e. The highest BCUT2D eigenvalue weighted by molar-refractivity contribution is 6.09. The van der Waals surface area contributed by atoms with Gasteiger partial charge in [0.15, 0.2) is 0 Å². The predicted molar refractivity (Wildman–Crippen MR) is 146 cm³/mol. The molecule has 1 fully saturated rings. The molecule has 204 valence electrons. The van der Waals surface area contributed by atoms with Crippen LogP contribution >= 0.6 is 0 Å². The molecule has 39 heavy (non-hydrogen) atoms. The van der Waals surface area contributed by atoms with Gasteiger partial charge in [0.1, 0.15) is 23.2 Å². The van der Waals surface area contributed by atoms with Gasteiger partial charge < -0.3 is 29.9 Å². The number of likely N-dealkylation sites (tertiary alicyclic amines) is 1. The number of nitrogens with zero attached hydrogens (tertiary/aromatic N) is 1. The number of phenolic OH excluding ortho intramolecular Hbond substituents is 1. The summed E-state index contributed by atoms with van der Waals surface area (Å²) in [6.07, 6.45) is 0.609. The molecule has 0 aliphatic carbocycles. The lowest BCUT2D eigenvalue weighted by molar-refractivity contribution is 0.0126. The minimum Gasteiger partial charge on any atom is -0.507 e. The average Bonchev–Trinajstić information content (AvgIpc) is 2.89. The Balaban J connectivity index is 1.46. The van der Waals surface area contributed by atoms with Crippen LogP contribution in [-0.4, -0.2) is 57.9 Å². The highest BCUT2D eigenvalue weighted by atomic mass is 16.6. The summed E-state index contributed by atoms with van der Waals surface area (Å²) in [7, 11) is 0. The van der Waals surface area contributed by atoms with E-state index in [0.29, 0.717) is 31.7 Å². The van der Waals surface area contributed by atoms with E-state index in [2.05, 4.69) is 5.32 Å². The van der Waals surface area contributed by atoms with E-state index in [-0.39, 0.29) is 34.8 Å². The van der Waals surface area contributed by atoms with Gasteiger partial charge in [-0.2, -0.15) is 0 Å². The molecule has 0 unspecified atom stereocenters. The summed E-state index contributed by atoms with van der Waals surface area (Å²) in [5.74, 6) is -1.75. The number of carbonyl (C=O) groups is 3. The summed E-state index contributed by atoms with van der Waals surface area (Å²) < 4.78 is 11.5. The van der Waals surface area contributed by atoms with Crippen LogP contribution < -0.4 is 10.1 Å². The molecule has 0 radical (unpaired) electrons. The summed E-state index contributed by atoms with van der Waals surface area (Å²) in [4.78, 5) is 38.9. The third-order valence-corrected chi connectivity index (χ3v) is 6.21. The molecule has 2 amide bonds. The number of aromatic carboxylic acids is 1. The summed E-state index contributed by atoms with van der Waals surface area (Å²) >= 11 is 0. The van der Waals surface area contributed by atoms with E-state index in [1.54, 1.807) is 23.1 Å². The van der Waals surface area contributed by atoms with Crippen LogP contribution in [0.15, 0.2) is 66.7 Å². The molecule has 1 saturated heterocycles. The van der Waals surface area contributed by atoms with Crippen LogP contribution in [-0.2, 0) is 4.74 Å². The third kappa shape index (κ3) is 7.07. The minimum atomic E-state index is -1.19. The van der Waals surface area contributed by atoms with Crippen LogP contribution in [0.2, 0.25) is 0 Å². The van der Waals surface area contributed by atoms with E-state index >= 15 is 0 Å². The number of carboxylic acids is 1. The van der Waals surface area contributed by atoms with Crippen LogP contribution in [0.3, 0.4) is 0 Å². The zero-order valence-electron chi connectivity index (χ0n) is 22.1. The summed E-state index contributed by atoms with van der Waals surface area (Å²) in [5, 5.41) is 22.7. The molecule has 9 nitrogen and oxygen atoms in total. The second-order valence-electron chi connectivity index (χ2n) is 10.3. The van der Waals surface area contributed by atoms with E-state index in [9.17, 15) is 24.6 Å². The fourth-order valence-electron chi connectivity index (χ4n) is 4.28. The topological polar surface area (TPSA) is 125 Å². The van der Waals surface area contributed by atoms with E-state index in [0.717, 1.165) is 11.1 Å². The number of hydrogen-bond acceptors (Lipinski definition) is 6. The van der Waals surface area contributed by atoms with Crippen LogP contribution in [0.4, 0.5) is 10.5 Å². The number of anilines is 1. The molecule has 3 aromatic carbocycles. The summed E-state index contributed by atoms with van der Waals surface area (Å²) in [6.45, 7) is 6.41. The van der Waals surface area contributed by atoms with Crippen molar-refractivity contribution in [3.05, 3.63) is 77.9 Å². The summed E-state index contributed by atoms with van der Waals surface area (Å²) in [6, 6.07) is 18.4. The van der Waals surface area contributed by atoms with E-state index in [4.69, 9.17) is 9.47 Å². The van der Waals surface area contributed by atoms with Crippen molar-refractivity contribution in [2.45, 2.75) is 45.3 Å². The smallest absolute Gasteiger partial charge is 0.410 e. The number of nitrogens with one attached hydrogen (secondary N) is 1. The van der Waals surface area contributed by atoms with E-state index < -0.39 is 17.5 Å². The molecule has 0 aromatic heterocycles. The number of amides is 2. The normalized spacial score (nSPS) is 14.0. The van der Waals surface area contributed by atoms with Gasteiger partial charge in [0.2, 0.25) is 0 Å². The SMILES string of the molecule is CC(C)(C)OC(=O)N1CCC(Oc2ccc(O)c(C(=O)Nc3cc(-c4ccccc4)ccc3C(=O)O)c2)CC1. The molecule has 9 heteroatoms. The van der Waals surface area contributed by atoms with Gasteiger partial charge >= 0.3 is 12.1 Å². The van der Waals surface area contributed by atoms with Gasteiger partial charge in [0.05, 0.1) is 16.8 Å². The Morgan fingerprint density at radius 2 is 1.59 bits per heavy atom. The van der Waals surface area contributed by atoms with Gasteiger partial charge in [-0.25, -0.2) is 9.59 Å². The molecule has 3 aromatic rings. The van der Waals surface area contributed by atoms with Crippen molar-refractivity contribution in [2.24, 2.45) is 0 Å². The molecule has 1 aliphatic rings. The standard InChI is InChI=1S/C30H32N2O7/c1-30(2,3)39-29(37)32-15-13-21(14-16-32)38-22-10-12-26(33)24(18-22)27(34)31-25-17-20(9-11-23(25)28(35)36)19-7-5-4-6-8-19/h4-12,17-18,21,33H,13-16H2,1-3H3,(H,31,34)(H,35,36). The van der Waals surface area contributed by atoms with Crippen LogP contribution in [0.5, 0.6) is 11.5 Å². The second kappa shape index (κ2) is 11.5. The monoisotopic (exact) mass is 532 g/mol. The van der Waals surface area contributed by atoms with Crippen LogP contribution in [0, 0.1) is 0 Å². The van der Waals surface area contributed by atoms with Gasteiger partial charge in [0.25, 0.3) is 5.91 Å². The highest BCUT2D eigenvalue weighted by Gasteiger charge is 2.28.